The van der Waals surface area contributed by atoms with Gasteiger partial charge in [0.05, 0.1) is 0 Å². The molecule has 104 valence electrons. The van der Waals surface area contributed by atoms with Gasteiger partial charge in [0, 0.05) is 15.8 Å². The maximum Gasteiger partial charge on any atom is 0.339 e. The first-order valence-electron chi connectivity index (χ1n) is 6.34. The summed E-state index contributed by atoms with van der Waals surface area (Å²) >= 11 is 6.16. The fourth-order valence-corrected chi connectivity index (χ4v) is 2.40. The molecule has 0 aromatic heterocycles. The molecule has 0 saturated heterocycles. The number of carboxylic acids is 1. The summed E-state index contributed by atoms with van der Waals surface area (Å²) in [7, 11) is 0. The van der Waals surface area contributed by atoms with Crippen molar-refractivity contribution in [3.05, 3.63) is 71.2 Å². The van der Waals surface area contributed by atoms with Crippen molar-refractivity contribution in [2.45, 2.75) is 0 Å². The molecule has 0 radical (unpaired) electrons. The molecule has 0 aliphatic rings. The summed E-state index contributed by atoms with van der Waals surface area (Å²) in [6.07, 6.45) is 0. The van der Waals surface area contributed by atoms with Gasteiger partial charge in [0.15, 0.2) is 0 Å². The molecule has 3 rings (SSSR count). The molecular weight excluding hydrogens is 288 g/mol. The van der Waals surface area contributed by atoms with Crippen molar-refractivity contribution in [3.8, 4) is 11.5 Å². The molecule has 0 fully saturated rings. The Bertz CT molecular complexity index is 827. The molecular formula is C17H11ClO3. The molecule has 3 aromatic carbocycles. The summed E-state index contributed by atoms with van der Waals surface area (Å²) in [6, 6.07) is 17.6. The van der Waals surface area contributed by atoms with Crippen molar-refractivity contribution in [1.82, 2.24) is 0 Å². The lowest BCUT2D eigenvalue weighted by atomic mass is 10.1. The van der Waals surface area contributed by atoms with E-state index in [-0.39, 0.29) is 5.56 Å². The molecule has 0 amide bonds. The predicted molar refractivity (Wildman–Crippen MR) is 82.4 cm³/mol. The second-order valence-corrected chi connectivity index (χ2v) is 4.90. The number of fused-ring (bicyclic) bond motifs is 1. The van der Waals surface area contributed by atoms with E-state index in [9.17, 15) is 9.90 Å². The van der Waals surface area contributed by atoms with Crippen LogP contribution in [0.15, 0.2) is 60.7 Å². The van der Waals surface area contributed by atoms with Crippen LogP contribution >= 0.6 is 11.6 Å². The molecule has 0 saturated carbocycles. The van der Waals surface area contributed by atoms with Gasteiger partial charge in [0.2, 0.25) is 0 Å². The van der Waals surface area contributed by atoms with Crippen LogP contribution in [0.3, 0.4) is 0 Å². The summed E-state index contributed by atoms with van der Waals surface area (Å²) in [5.41, 5.74) is 0.122. The fourth-order valence-electron chi connectivity index (χ4n) is 2.17. The minimum Gasteiger partial charge on any atom is -0.478 e. The van der Waals surface area contributed by atoms with Crippen LogP contribution in [0.25, 0.3) is 10.8 Å². The number of carboxylic acid groups (broad SMARTS) is 1. The second-order valence-electron chi connectivity index (χ2n) is 4.49. The zero-order chi connectivity index (χ0) is 14.8. The highest BCUT2D eigenvalue weighted by Gasteiger charge is 2.13. The molecule has 0 aliphatic carbocycles. The van der Waals surface area contributed by atoms with Gasteiger partial charge in [-0.25, -0.2) is 4.79 Å². The van der Waals surface area contributed by atoms with Crippen molar-refractivity contribution < 1.29 is 14.6 Å². The van der Waals surface area contributed by atoms with Crippen LogP contribution in [0.4, 0.5) is 0 Å². The number of ether oxygens (including phenoxy) is 1. The van der Waals surface area contributed by atoms with Gasteiger partial charge in [0.1, 0.15) is 17.1 Å². The third-order valence-corrected chi connectivity index (χ3v) is 3.50. The fraction of sp³-hybridized carbons (Fsp3) is 0. The lowest BCUT2D eigenvalue weighted by molar-refractivity contribution is 0.0694. The van der Waals surface area contributed by atoms with Gasteiger partial charge in [0.25, 0.3) is 0 Å². The molecule has 0 heterocycles. The number of hydrogen-bond donors (Lipinski definition) is 1. The predicted octanol–water partition coefficient (Wildman–Crippen LogP) is 4.98. The standard InChI is InChI=1S/C17H11ClO3/c18-14-9-10-16(12-6-2-1-5-11(12)14)21-15-8-4-3-7-13(15)17(19)20/h1-10H,(H,19,20). The molecule has 3 aromatic rings. The van der Waals surface area contributed by atoms with Gasteiger partial charge in [-0.15, -0.1) is 0 Å². The van der Waals surface area contributed by atoms with Crippen molar-refractivity contribution >= 4 is 28.3 Å². The highest BCUT2D eigenvalue weighted by atomic mass is 35.5. The van der Waals surface area contributed by atoms with E-state index < -0.39 is 5.97 Å². The van der Waals surface area contributed by atoms with Crippen molar-refractivity contribution in [2.75, 3.05) is 0 Å². The van der Waals surface area contributed by atoms with E-state index in [1.807, 2.05) is 24.3 Å². The number of hydrogen-bond acceptors (Lipinski definition) is 2. The third-order valence-electron chi connectivity index (χ3n) is 3.17. The first-order valence-corrected chi connectivity index (χ1v) is 6.72. The Balaban J connectivity index is 2.11. The minimum absolute atomic E-state index is 0.122. The Morgan fingerprint density at radius 2 is 1.52 bits per heavy atom. The van der Waals surface area contributed by atoms with Gasteiger partial charge in [-0.1, -0.05) is 48.0 Å². The van der Waals surface area contributed by atoms with Crippen LogP contribution in [0.2, 0.25) is 5.02 Å². The topological polar surface area (TPSA) is 46.5 Å². The molecule has 0 atom stereocenters. The summed E-state index contributed by atoms with van der Waals surface area (Å²) < 4.78 is 5.80. The molecule has 0 unspecified atom stereocenters. The summed E-state index contributed by atoms with van der Waals surface area (Å²) in [5.74, 6) is -0.148. The van der Waals surface area contributed by atoms with Crippen molar-refractivity contribution in [3.63, 3.8) is 0 Å². The first-order chi connectivity index (χ1) is 10.2. The molecule has 0 aliphatic heterocycles. The highest BCUT2D eigenvalue weighted by molar-refractivity contribution is 6.35. The quantitative estimate of drug-likeness (QED) is 0.741. The Hall–Kier alpha value is -2.52. The molecule has 0 bridgehead atoms. The summed E-state index contributed by atoms with van der Waals surface area (Å²) in [6.45, 7) is 0. The lowest BCUT2D eigenvalue weighted by Crippen LogP contribution is -1.99. The van der Waals surface area contributed by atoms with Crippen molar-refractivity contribution in [1.29, 1.82) is 0 Å². The largest absolute Gasteiger partial charge is 0.478 e. The Labute approximate surface area is 126 Å². The molecule has 1 N–H and O–H groups in total. The third kappa shape index (κ3) is 2.56. The Kier molecular flexibility index (Phi) is 3.50. The van der Waals surface area contributed by atoms with E-state index in [1.165, 1.54) is 6.07 Å². The first kappa shape index (κ1) is 13.5. The van der Waals surface area contributed by atoms with E-state index in [2.05, 4.69) is 0 Å². The number of aromatic carboxylic acids is 1. The zero-order valence-corrected chi connectivity index (χ0v) is 11.7. The second kappa shape index (κ2) is 5.46. The monoisotopic (exact) mass is 298 g/mol. The highest BCUT2D eigenvalue weighted by Crippen LogP contribution is 2.35. The minimum atomic E-state index is -1.02. The summed E-state index contributed by atoms with van der Waals surface area (Å²) in [4.78, 5) is 11.2. The zero-order valence-electron chi connectivity index (χ0n) is 10.9. The van der Waals surface area contributed by atoms with E-state index in [4.69, 9.17) is 16.3 Å². The lowest BCUT2D eigenvalue weighted by Gasteiger charge is -2.11. The van der Waals surface area contributed by atoms with Crippen LogP contribution in [0.1, 0.15) is 10.4 Å². The smallest absolute Gasteiger partial charge is 0.339 e. The number of para-hydroxylation sites is 1. The number of benzene rings is 3. The average Bonchev–Trinajstić information content (AvgIpc) is 2.51. The van der Waals surface area contributed by atoms with Gasteiger partial charge < -0.3 is 9.84 Å². The summed E-state index contributed by atoms with van der Waals surface area (Å²) in [5, 5.41) is 11.5. The van der Waals surface area contributed by atoms with Crippen LogP contribution in [0, 0.1) is 0 Å². The van der Waals surface area contributed by atoms with Crippen molar-refractivity contribution in [2.24, 2.45) is 0 Å². The maximum atomic E-state index is 11.2. The van der Waals surface area contributed by atoms with Crippen LogP contribution in [0.5, 0.6) is 11.5 Å². The Morgan fingerprint density at radius 1 is 0.857 bits per heavy atom. The van der Waals surface area contributed by atoms with Crippen LogP contribution in [-0.2, 0) is 0 Å². The van der Waals surface area contributed by atoms with E-state index in [0.717, 1.165) is 10.8 Å². The molecule has 0 spiro atoms. The van der Waals surface area contributed by atoms with E-state index >= 15 is 0 Å². The van der Waals surface area contributed by atoms with Gasteiger partial charge in [-0.05, 0) is 24.3 Å². The maximum absolute atomic E-state index is 11.2. The molecule has 3 nitrogen and oxygen atoms in total. The molecule has 4 heteroatoms. The van der Waals surface area contributed by atoms with Crippen LogP contribution in [-0.4, -0.2) is 11.1 Å². The van der Waals surface area contributed by atoms with Gasteiger partial charge in [-0.2, -0.15) is 0 Å². The number of carbonyl (C=O) groups is 1. The van der Waals surface area contributed by atoms with E-state index in [0.29, 0.717) is 16.5 Å². The van der Waals surface area contributed by atoms with Gasteiger partial charge >= 0.3 is 5.97 Å². The normalized spacial score (nSPS) is 10.5. The van der Waals surface area contributed by atoms with E-state index in [1.54, 1.807) is 30.3 Å². The van der Waals surface area contributed by atoms with Gasteiger partial charge in [-0.3, -0.25) is 0 Å². The Morgan fingerprint density at radius 3 is 2.29 bits per heavy atom. The van der Waals surface area contributed by atoms with Crippen LogP contribution < -0.4 is 4.74 Å². The average molecular weight is 299 g/mol. The molecule has 21 heavy (non-hydrogen) atoms. The SMILES string of the molecule is O=C(O)c1ccccc1Oc1ccc(Cl)c2ccccc12. The number of rotatable bonds is 3. The number of halogens is 1.